The molecule has 0 N–H and O–H groups in total. The van der Waals surface area contributed by atoms with Gasteiger partial charge in [-0.1, -0.05) is 12.1 Å². The molecule has 4 heteroatoms. The summed E-state index contributed by atoms with van der Waals surface area (Å²) in [6.07, 6.45) is 0. The van der Waals surface area contributed by atoms with Gasteiger partial charge in [-0.3, -0.25) is 4.79 Å². The lowest BCUT2D eigenvalue weighted by Crippen LogP contribution is -2.28. The summed E-state index contributed by atoms with van der Waals surface area (Å²) in [5.41, 5.74) is 0.581. The van der Waals surface area contributed by atoms with E-state index in [1.165, 1.54) is 0 Å². The number of alkyl halides is 1. The van der Waals surface area contributed by atoms with Crippen LogP contribution in [-0.4, -0.2) is 36.9 Å². The Labute approximate surface area is 101 Å². The van der Waals surface area contributed by atoms with Crippen molar-refractivity contribution in [2.24, 2.45) is 0 Å². The topological polar surface area (TPSA) is 29.5 Å². The van der Waals surface area contributed by atoms with E-state index in [0.717, 1.165) is 0 Å². The molecule has 1 aromatic carbocycles. The maximum Gasteiger partial charge on any atom is 0.257 e. The van der Waals surface area contributed by atoms with Gasteiger partial charge in [-0.25, -0.2) is 0 Å². The van der Waals surface area contributed by atoms with Crippen LogP contribution < -0.4 is 4.74 Å². The molecule has 0 aliphatic heterocycles. The molecule has 0 aliphatic rings. The number of rotatable bonds is 5. The summed E-state index contributed by atoms with van der Waals surface area (Å²) >= 11 is 5.60. The van der Waals surface area contributed by atoms with Crippen molar-refractivity contribution in [1.29, 1.82) is 0 Å². The smallest absolute Gasteiger partial charge is 0.257 e. The lowest BCUT2D eigenvalue weighted by molar-refractivity contribution is 0.0799. The van der Waals surface area contributed by atoms with E-state index >= 15 is 0 Å². The predicted octanol–water partition coefficient (Wildman–Crippen LogP) is 2.40. The zero-order valence-corrected chi connectivity index (χ0v) is 10.3. The Morgan fingerprint density at radius 1 is 1.44 bits per heavy atom. The molecule has 0 aliphatic carbocycles. The van der Waals surface area contributed by atoms with E-state index in [1.807, 2.05) is 19.1 Å². The Balaban J connectivity index is 2.89. The van der Waals surface area contributed by atoms with Crippen molar-refractivity contribution >= 4 is 17.5 Å². The maximum atomic E-state index is 12.0. The SMILES string of the molecule is CCOc1ccccc1C(=O)N(C)CCCl. The number of amides is 1. The highest BCUT2D eigenvalue weighted by Crippen LogP contribution is 2.19. The third-order valence-corrected chi connectivity index (χ3v) is 2.35. The van der Waals surface area contributed by atoms with Crippen molar-refractivity contribution < 1.29 is 9.53 Å². The van der Waals surface area contributed by atoms with Crippen LogP contribution in [-0.2, 0) is 0 Å². The fraction of sp³-hybridized carbons (Fsp3) is 0.417. The minimum atomic E-state index is -0.0651. The number of para-hydroxylation sites is 1. The average molecular weight is 242 g/mol. The zero-order chi connectivity index (χ0) is 12.0. The van der Waals surface area contributed by atoms with E-state index in [2.05, 4.69) is 0 Å². The van der Waals surface area contributed by atoms with E-state index in [-0.39, 0.29) is 5.91 Å². The fourth-order valence-corrected chi connectivity index (χ4v) is 1.61. The summed E-state index contributed by atoms with van der Waals surface area (Å²) in [5.74, 6) is 0.986. The number of hydrogen-bond acceptors (Lipinski definition) is 2. The second-order valence-electron chi connectivity index (χ2n) is 3.34. The second-order valence-corrected chi connectivity index (χ2v) is 3.72. The molecule has 0 bridgehead atoms. The molecule has 0 aromatic heterocycles. The summed E-state index contributed by atoms with van der Waals surface area (Å²) in [6, 6.07) is 7.23. The molecule has 0 heterocycles. The van der Waals surface area contributed by atoms with E-state index in [0.29, 0.717) is 30.3 Å². The first-order valence-corrected chi connectivity index (χ1v) is 5.77. The highest BCUT2D eigenvalue weighted by molar-refractivity contribution is 6.18. The molecular weight excluding hydrogens is 226 g/mol. The summed E-state index contributed by atoms with van der Waals surface area (Å²) in [7, 11) is 1.73. The van der Waals surface area contributed by atoms with E-state index < -0.39 is 0 Å². The van der Waals surface area contributed by atoms with Crippen LogP contribution in [0.4, 0.5) is 0 Å². The molecular formula is C12H16ClNO2. The quantitative estimate of drug-likeness (QED) is 0.741. The van der Waals surface area contributed by atoms with E-state index in [4.69, 9.17) is 16.3 Å². The van der Waals surface area contributed by atoms with Gasteiger partial charge < -0.3 is 9.64 Å². The molecule has 0 atom stereocenters. The Kier molecular flexibility index (Phi) is 5.12. The normalized spacial score (nSPS) is 9.94. The van der Waals surface area contributed by atoms with Gasteiger partial charge in [0.25, 0.3) is 5.91 Å². The maximum absolute atomic E-state index is 12.0. The minimum absolute atomic E-state index is 0.0651. The van der Waals surface area contributed by atoms with Crippen LogP contribution in [0.15, 0.2) is 24.3 Å². The number of halogens is 1. The van der Waals surface area contributed by atoms with Crippen molar-refractivity contribution in [1.82, 2.24) is 4.90 Å². The average Bonchev–Trinajstić information content (AvgIpc) is 2.29. The summed E-state index contributed by atoms with van der Waals surface area (Å²) < 4.78 is 5.41. The number of nitrogens with zero attached hydrogens (tertiary/aromatic N) is 1. The third-order valence-electron chi connectivity index (χ3n) is 2.18. The lowest BCUT2D eigenvalue weighted by Gasteiger charge is -2.17. The standard InChI is InChI=1S/C12H16ClNO2/c1-3-16-11-7-5-4-6-10(11)12(15)14(2)9-8-13/h4-7H,3,8-9H2,1-2H3. The molecule has 0 unspecified atom stereocenters. The van der Waals surface area contributed by atoms with Gasteiger partial charge in [0.2, 0.25) is 0 Å². The first kappa shape index (κ1) is 12.8. The summed E-state index contributed by atoms with van der Waals surface area (Å²) in [5, 5.41) is 0. The van der Waals surface area contributed by atoms with Gasteiger partial charge >= 0.3 is 0 Å². The number of ether oxygens (including phenoxy) is 1. The number of benzene rings is 1. The Morgan fingerprint density at radius 2 is 2.12 bits per heavy atom. The monoisotopic (exact) mass is 241 g/mol. The molecule has 1 rings (SSSR count). The molecule has 1 amide bonds. The molecule has 3 nitrogen and oxygen atoms in total. The van der Waals surface area contributed by atoms with Crippen LogP contribution in [0.2, 0.25) is 0 Å². The van der Waals surface area contributed by atoms with Crippen LogP contribution in [0, 0.1) is 0 Å². The summed E-state index contributed by atoms with van der Waals surface area (Å²) in [4.78, 5) is 13.6. The van der Waals surface area contributed by atoms with Crippen molar-refractivity contribution in [3.8, 4) is 5.75 Å². The molecule has 0 radical (unpaired) electrons. The van der Waals surface area contributed by atoms with Gasteiger partial charge in [-0.05, 0) is 19.1 Å². The highest BCUT2D eigenvalue weighted by atomic mass is 35.5. The van der Waals surface area contributed by atoms with Gasteiger partial charge in [-0.15, -0.1) is 11.6 Å². The lowest BCUT2D eigenvalue weighted by atomic mass is 10.2. The van der Waals surface area contributed by atoms with Crippen LogP contribution >= 0.6 is 11.6 Å². The van der Waals surface area contributed by atoms with Crippen LogP contribution in [0.5, 0.6) is 5.75 Å². The molecule has 0 fully saturated rings. The van der Waals surface area contributed by atoms with Gasteiger partial charge in [-0.2, -0.15) is 0 Å². The molecule has 88 valence electrons. The minimum Gasteiger partial charge on any atom is -0.493 e. The molecule has 0 spiro atoms. The predicted molar refractivity (Wildman–Crippen MR) is 65.3 cm³/mol. The van der Waals surface area contributed by atoms with Gasteiger partial charge in [0.1, 0.15) is 5.75 Å². The fourth-order valence-electron chi connectivity index (χ4n) is 1.36. The van der Waals surface area contributed by atoms with Gasteiger partial charge in [0, 0.05) is 19.5 Å². The number of carbonyl (C=O) groups is 1. The first-order chi connectivity index (χ1) is 7.70. The van der Waals surface area contributed by atoms with Crippen LogP contribution in [0.1, 0.15) is 17.3 Å². The molecule has 0 saturated carbocycles. The molecule has 1 aromatic rings. The second kappa shape index (κ2) is 6.38. The van der Waals surface area contributed by atoms with Crippen LogP contribution in [0.25, 0.3) is 0 Å². The van der Waals surface area contributed by atoms with Crippen LogP contribution in [0.3, 0.4) is 0 Å². The van der Waals surface area contributed by atoms with Gasteiger partial charge in [0.15, 0.2) is 0 Å². The van der Waals surface area contributed by atoms with Crippen molar-refractivity contribution in [2.45, 2.75) is 6.92 Å². The molecule has 0 saturated heterocycles. The first-order valence-electron chi connectivity index (χ1n) is 5.24. The Morgan fingerprint density at radius 3 is 2.75 bits per heavy atom. The molecule has 16 heavy (non-hydrogen) atoms. The van der Waals surface area contributed by atoms with Gasteiger partial charge in [0.05, 0.1) is 12.2 Å². The Hall–Kier alpha value is -1.22. The Bertz CT molecular complexity index is 355. The highest BCUT2D eigenvalue weighted by Gasteiger charge is 2.15. The number of carbonyl (C=O) groups excluding carboxylic acids is 1. The van der Waals surface area contributed by atoms with Crippen molar-refractivity contribution in [2.75, 3.05) is 26.1 Å². The van der Waals surface area contributed by atoms with Crippen molar-refractivity contribution in [3.63, 3.8) is 0 Å². The van der Waals surface area contributed by atoms with E-state index in [1.54, 1.807) is 24.1 Å². The largest absolute Gasteiger partial charge is 0.493 e. The van der Waals surface area contributed by atoms with Crippen molar-refractivity contribution in [3.05, 3.63) is 29.8 Å². The summed E-state index contributed by atoms with van der Waals surface area (Å²) in [6.45, 7) is 2.97. The van der Waals surface area contributed by atoms with E-state index in [9.17, 15) is 4.79 Å². The number of hydrogen-bond donors (Lipinski definition) is 0. The zero-order valence-electron chi connectivity index (χ0n) is 9.57. The third kappa shape index (κ3) is 3.14.